The van der Waals surface area contributed by atoms with Gasteiger partial charge in [0.2, 0.25) is 0 Å². The zero-order chi connectivity index (χ0) is 13.4. The fourth-order valence-corrected chi connectivity index (χ4v) is 1.60. The lowest BCUT2D eigenvalue weighted by Gasteiger charge is -2.24. The van der Waals surface area contributed by atoms with E-state index in [1.54, 1.807) is 6.08 Å². The third kappa shape index (κ3) is 4.45. The highest BCUT2D eigenvalue weighted by atomic mass is 16.5. The molecular formula is C15H20O3. The van der Waals surface area contributed by atoms with E-state index >= 15 is 0 Å². The van der Waals surface area contributed by atoms with E-state index in [9.17, 15) is 10.2 Å². The summed E-state index contributed by atoms with van der Waals surface area (Å²) < 4.78 is 5.54. The summed E-state index contributed by atoms with van der Waals surface area (Å²) in [6, 6.07) is 9.64. The van der Waals surface area contributed by atoms with Crippen LogP contribution in [-0.2, 0) is 11.3 Å². The van der Waals surface area contributed by atoms with Crippen molar-refractivity contribution in [2.75, 3.05) is 0 Å². The van der Waals surface area contributed by atoms with Crippen LogP contribution in [0.1, 0.15) is 12.0 Å². The maximum Gasteiger partial charge on any atom is 0.110 e. The fourth-order valence-electron chi connectivity index (χ4n) is 1.60. The Labute approximate surface area is 108 Å². The molecule has 18 heavy (non-hydrogen) atoms. The van der Waals surface area contributed by atoms with Crippen LogP contribution >= 0.6 is 0 Å². The van der Waals surface area contributed by atoms with Crippen molar-refractivity contribution in [2.45, 2.75) is 31.3 Å². The highest BCUT2D eigenvalue weighted by Gasteiger charge is 2.23. The molecule has 1 aromatic carbocycles. The normalized spacial score (nSPS) is 15.7. The Balaban J connectivity index is 2.51. The van der Waals surface area contributed by atoms with Gasteiger partial charge in [-0.1, -0.05) is 42.5 Å². The molecule has 0 heterocycles. The van der Waals surface area contributed by atoms with Crippen molar-refractivity contribution in [3.8, 4) is 0 Å². The van der Waals surface area contributed by atoms with E-state index in [0.717, 1.165) is 5.56 Å². The lowest BCUT2D eigenvalue weighted by molar-refractivity contribution is -0.0738. The summed E-state index contributed by atoms with van der Waals surface area (Å²) in [5.74, 6) is 0. The van der Waals surface area contributed by atoms with Gasteiger partial charge in [0.25, 0.3) is 0 Å². The van der Waals surface area contributed by atoms with Gasteiger partial charge < -0.3 is 14.9 Å². The Morgan fingerprint density at radius 1 is 1.17 bits per heavy atom. The lowest BCUT2D eigenvalue weighted by Crippen LogP contribution is -2.37. The van der Waals surface area contributed by atoms with Crippen molar-refractivity contribution >= 4 is 0 Å². The minimum Gasteiger partial charge on any atom is -0.390 e. The third-order valence-electron chi connectivity index (χ3n) is 2.66. The molecule has 0 aliphatic carbocycles. The minimum atomic E-state index is -0.996. The van der Waals surface area contributed by atoms with Crippen LogP contribution in [0.15, 0.2) is 55.6 Å². The molecule has 3 heteroatoms. The standard InChI is InChI=1S/C15H20O3/c1-3-8-13(16)15(17)14(4-2)18-11-12-9-6-5-7-10-12/h3-7,9-10,13-17H,1-2,8,11H2/t13-,14+,15+/m1/s1. The molecule has 0 aromatic heterocycles. The number of aliphatic hydroxyl groups is 2. The zero-order valence-corrected chi connectivity index (χ0v) is 10.4. The van der Waals surface area contributed by atoms with Gasteiger partial charge in [0, 0.05) is 0 Å². The molecule has 0 bridgehead atoms. The molecule has 3 atom stereocenters. The number of ether oxygens (including phenoxy) is 1. The lowest BCUT2D eigenvalue weighted by atomic mass is 10.1. The summed E-state index contributed by atoms with van der Waals surface area (Å²) in [5.41, 5.74) is 1.01. The first kappa shape index (κ1) is 14.6. The van der Waals surface area contributed by atoms with Crippen LogP contribution in [0.3, 0.4) is 0 Å². The third-order valence-corrected chi connectivity index (χ3v) is 2.66. The summed E-state index contributed by atoms with van der Waals surface area (Å²) >= 11 is 0. The second-order valence-electron chi connectivity index (χ2n) is 4.08. The van der Waals surface area contributed by atoms with Crippen molar-refractivity contribution in [2.24, 2.45) is 0 Å². The van der Waals surface area contributed by atoms with Crippen LogP contribution in [0, 0.1) is 0 Å². The van der Waals surface area contributed by atoms with Crippen LogP contribution in [0.4, 0.5) is 0 Å². The summed E-state index contributed by atoms with van der Waals surface area (Å²) in [6.07, 6.45) is 0.899. The Bertz CT molecular complexity index is 361. The van der Waals surface area contributed by atoms with Crippen molar-refractivity contribution in [1.82, 2.24) is 0 Å². The number of rotatable bonds is 8. The fraction of sp³-hybridized carbons (Fsp3) is 0.333. The van der Waals surface area contributed by atoms with Crippen LogP contribution in [0.5, 0.6) is 0 Å². The first-order valence-electron chi connectivity index (χ1n) is 5.94. The predicted molar refractivity (Wildman–Crippen MR) is 72.0 cm³/mol. The smallest absolute Gasteiger partial charge is 0.110 e. The Hall–Kier alpha value is -1.42. The van der Waals surface area contributed by atoms with Gasteiger partial charge in [-0.2, -0.15) is 0 Å². The number of hydrogen-bond acceptors (Lipinski definition) is 3. The summed E-state index contributed by atoms with van der Waals surface area (Å²) in [5, 5.41) is 19.6. The Morgan fingerprint density at radius 2 is 1.83 bits per heavy atom. The maximum atomic E-state index is 9.89. The average molecular weight is 248 g/mol. The molecule has 98 valence electrons. The van der Waals surface area contributed by atoms with E-state index in [2.05, 4.69) is 13.2 Å². The van der Waals surface area contributed by atoms with Gasteiger partial charge in [0.15, 0.2) is 0 Å². The second-order valence-corrected chi connectivity index (χ2v) is 4.08. The number of benzene rings is 1. The van der Waals surface area contributed by atoms with Crippen molar-refractivity contribution in [3.63, 3.8) is 0 Å². The molecule has 0 aliphatic rings. The molecule has 0 aliphatic heterocycles. The quantitative estimate of drug-likeness (QED) is 0.692. The predicted octanol–water partition coefficient (Wildman–Crippen LogP) is 2.06. The van der Waals surface area contributed by atoms with Gasteiger partial charge in [-0.05, 0) is 12.0 Å². The minimum absolute atomic E-state index is 0.320. The average Bonchev–Trinajstić information content (AvgIpc) is 2.40. The van der Waals surface area contributed by atoms with Gasteiger partial charge in [-0.3, -0.25) is 0 Å². The maximum absolute atomic E-state index is 9.89. The molecule has 1 rings (SSSR count). The van der Waals surface area contributed by atoms with Gasteiger partial charge in [-0.15, -0.1) is 13.2 Å². The molecule has 0 saturated carbocycles. The Kier molecular flexibility index (Phi) is 6.36. The van der Waals surface area contributed by atoms with Gasteiger partial charge in [0.05, 0.1) is 12.7 Å². The molecular weight excluding hydrogens is 228 g/mol. The molecule has 0 unspecified atom stereocenters. The van der Waals surface area contributed by atoms with E-state index < -0.39 is 18.3 Å². The van der Waals surface area contributed by atoms with E-state index in [1.807, 2.05) is 30.3 Å². The molecule has 3 nitrogen and oxygen atoms in total. The van der Waals surface area contributed by atoms with Crippen molar-refractivity contribution in [1.29, 1.82) is 0 Å². The highest BCUT2D eigenvalue weighted by molar-refractivity contribution is 5.13. The van der Waals surface area contributed by atoms with Gasteiger partial charge in [0.1, 0.15) is 12.2 Å². The monoisotopic (exact) mass is 248 g/mol. The molecule has 0 fully saturated rings. The molecule has 0 radical (unpaired) electrons. The van der Waals surface area contributed by atoms with Crippen LogP contribution in [-0.4, -0.2) is 28.5 Å². The van der Waals surface area contributed by atoms with E-state index in [-0.39, 0.29) is 0 Å². The van der Waals surface area contributed by atoms with Crippen LogP contribution in [0.25, 0.3) is 0 Å². The zero-order valence-electron chi connectivity index (χ0n) is 10.4. The molecule has 0 amide bonds. The summed E-state index contributed by atoms with van der Waals surface area (Å²) in [7, 11) is 0. The highest BCUT2D eigenvalue weighted by Crippen LogP contribution is 2.12. The van der Waals surface area contributed by atoms with E-state index in [1.165, 1.54) is 6.08 Å². The molecule has 1 aromatic rings. The summed E-state index contributed by atoms with van der Waals surface area (Å²) in [4.78, 5) is 0. The molecule has 2 N–H and O–H groups in total. The van der Waals surface area contributed by atoms with E-state index in [4.69, 9.17) is 4.74 Å². The van der Waals surface area contributed by atoms with Crippen LogP contribution in [0.2, 0.25) is 0 Å². The van der Waals surface area contributed by atoms with Crippen molar-refractivity contribution in [3.05, 3.63) is 61.2 Å². The first-order valence-corrected chi connectivity index (χ1v) is 5.94. The number of hydrogen-bond donors (Lipinski definition) is 2. The van der Waals surface area contributed by atoms with E-state index in [0.29, 0.717) is 13.0 Å². The Morgan fingerprint density at radius 3 is 2.39 bits per heavy atom. The van der Waals surface area contributed by atoms with Gasteiger partial charge in [-0.25, -0.2) is 0 Å². The van der Waals surface area contributed by atoms with Crippen molar-refractivity contribution < 1.29 is 14.9 Å². The summed E-state index contributed by atoms with van der Waals surface area (Å²) in [6.45, 7) is 7.51. The van der Waals surface area contributed by atoms with Gasteiger partial charge >= 0.3 is 0 Å². The van der Waals surface area contributed by atoms with Crippen LogP contribution < -0.4 is 0 Å². The largest absolute Gasteiger partial charge is 0.390 e. The first-order chi connectivity index (χ1) is 8.69. The molecule has 0 saturated heterocycles. The SMILES string of the molecule is C=CC[C@@H](O)[C@H](O)[C@H](C=C)OCc1ccccc1. The number of aliphatic hydroxyl groups excluding tert-OH is 2. The molecule has 0 spiro atoms. The topological polar surface area (TPSA) is 49.7 Å². The second kappa shape index (κ2) is 7.82.